The van der Waals surface area contributed by atoms with Crippen molar-refractivity contribution < 1.29 is 13.9 Å². The molecule has 0 saturated carbocycles. The van der Waals surface area contributed by atoms with Gasteiger partial charge in [-0.1, -0.05) is 13.8 Å². The first-order valence-corrected chi connectivity index (χ1v) is 10.6. The van der Waals surface area contributed by atoms with Gasteiger partial charge in [0.05, 0.1) is 0 Å². The summed E-state index contributed by atoms with van der Waals surface area (Å²) >= 11 is 2.29. The van der Waals surface area contributed by atoms with Crippen LogP contribution in [0, 0.1) is 15.6 Å². The Morgan fingerprint density at radius 3 is 2.86 bits per heavy atom. The summed E-state index contributed by atoms with van der Waals surface area (Å²) in [5.74, 6) is 2.68. The van der Waals surface area contributed by atoms with E-state index in [1.165, 1.54) is 0 Å². The lowest BCUT2D eigenvalue weighted by Crippen LogP contribution is -2.42. The van der Waals surface area contributed by atoms with E-state index in [1.807, 2.05) is 17.0 Å². The summed E-state index contributed by atoms with van der Waals surface area (Å²) in [6, 6.07) is 3.97. The monoisotopic (exact) mass is 514 g/mol. The number of rotatable bonds is 7. The fourth-order valence-electron chi connectivity index (χ4n) is 3.51. The van der Waals surface area contributed by atoms with E-state index in [0.717, 1.165) is 33.7 Å². The molecule has 3 heterocycles. The Kier molecular flexibility index (Phi) is 5.81. The summed E-state index contributed by atoms with van der Waals surface area (Å²) < 4.78 is 25.9. The molecule has 2 aliphatic heterocycles. The highest BCUT2D eigenvalue weighted by atomic mass is 127. The molecule has 8 nitrogen and oxygen atoms in total. The largest absolute Gasteiger partial charge is 0.454 e. The molecule has 29 heavy (non-hydrogen) atoms. The standard InChI is InChI=1S/C19H24FIN6O2/c1-10(2)8-23-3-4-27-15(24-16-17(22)25-19(20)26-18(16)27)6-11-5-13-14(7-12(11)21)29-9-28-13/h5,7,10,15,23-24H,3-4,6,8-9H2,1-2H3,(H2,22,25,26). The number of aromatic nitrogens is 2. The van der Waals surface area contributed by atoms with Crippen LogP contribution in [0.5, 0.6) is 11.5 Å². The normalized spacial score (nSPS) is 17.0. The molecule has 0 saturated heterocycles. The van der Waals surface area contributed by atoms with Gasteiger partial charge in [-0.3, -0.25) is 0 Å². The summed E-state index contributed by atoms with van der Waals surface area (Å²) in [7, 11) is 0. The number of nitrogens with two attached hydrogens (primary N) is 1. The molecule has 1 unspecified atom stereocenters. The van der Waals surface area contributed by atoms with E-state index in [-0.39, 0.29) is 18.8 Å². The molecular weight excluding hydrogens is 490 g/mol. The van der Waals surface area contributed by atoms with Crippen molar-refractivity contribution in [3.05, 3.63) is 27.3 Å². The number of nitrogens with zero attached hydrogens (tertiary/aromatic N) is 3. The van der Waals surface area contributed by atoms with Crippen LogP contribution in [-0.4, -0.2) is 42.6 Å². The van der Waals surface area contributed by atoms with Crippen LogP contribution in [0.25, 0.3) is 0 Å². The number of fused-ring (bicyclic) bond motifs is 2. The van der Waals surface area contributed by atoms with Crippen LogP contribution in [-0.2, 0) is 6.42 Å². The first-order valence-electron chi connectivity index (χ1n) is 9.57. The van der Waals surface area contributed by atoms with Gasteiger partial charge in [-0.15, -0.1) is 0 Å². The van der Waals surface area contributed by atoms with E-state index >= 15 is 0 Å². The van der Waals surface area contributed by atoms with Crippen molar-refractivity contribution in [1.29, 1.82) is 0 Å². The van der Waals surface area contributed by atoms with Crippen molar-refractivity contribution in [2.75, 3.05) is 42.4 Å². The highest BCUT2D eigenvalue weighted by Crippen LogP contribution is 2.39. The molecule has 156 valence electrons. The van der Waals surface area contributed by atoms with E-state index in [1.54, 1.807) is 0 Å². The molecule has 4 N–H and O–H groups in total. The zero-order valence-corrected chi connectivity index (χ0v) is 18.5. The quantitative estimate of drug-likeness (QED) is 0.295. The van der Waals surface area contributed by atoms with E-state index in [4.69, 9.17) is 15.2 Å². The maximum Gasteiger partial charge on any atom is 0.312 e. The van der Waals surface area contributed by atoms with Crippen molar-refractivity contribution in [2.24, 2.45) is 5.92 Å². The number of benzene rings is 1. The molecule has 0 amide bonds. The van der Waals surface area contributed by atoms with Gasteiger partial charge in [0.1, 0.15) is 11.9 Å². The highest BCUT2D eigenvalue weighted by molar-refractivity contribution is 14.1. The van der Waals surface area contributed by atoms with Gasteiger partial charge >= 0.3 is 6.08 Å². The van der Waals surface area contributed by atoms with Crippen LogP contribution in [0.15, 0.2) is 12.1 Å². The van der Waals surface area contributed by atoms with E-state index < -0.39 is 6.08 Å². The molecular formula is C19H24FIN6O2. The maximum atomic E-state index is 13.9. The lowest BCUT2D eigenvalue weighted by atomic mass is 10.1. The third kappa shape index (κ3) is 4.27. The molecule has 1 aromatic heterocycles. The Bertz CT molecular complexity index is 913. The van der Waals surface area contributed by atoms with E-state index in [0.29, 0.717) is 30.4 Å². The highest BCUT2D eigenvalue weighted by Gasteiger charge is 2.33. The smallest absolute Gasteiger partial charge is 0.312 e. The lowest BCUT2D eigenvalue weighted by Gasteiger charge is -2.27. The molecule has 0 spiro atoms. The number of hydrogen-bond donors (Lipinski definition) is 3. The molecule has 1 atom stereocenters. The third-order valence-electron chi connectivity index (χ3n) is 4.89. The Hall–Kier alpha value is -2.08. The fourth-order valence-corrected chi connectivity index (χ4v) is 4.17. The number of hydrogen-bond acceptors (Lipinski definition) is 8. The van der Waals surface area contributed by atoms with Crippen LogP contribution in [0.3, 0.4) is 0 Å². The number of nitrogen functional groups attached to an aromatic ring is 1. The third-order valence-corrected chi connectivity index (χ3v) is 5.89. The Balaban J connectivity index is 1.57. The van der Waals surface area contributed by atoms with Gasteiger partial charge in [0, 0.05) is 23.1 Å². The van der Waals surface area contributed by atoms with Crippen molar-refractivity contribution >= 4 is 39.9 Å². The van der Waals surface area contributed by atoms with Gasteiger partial charge in [0.25, 0.3) is 0 Å². The average Bonchev–Trinajstić information content (AvgIpc) is 3.23. The molecule has 2 aromatic rings. The van der Waals surface area contributed by atoms with Crippen molar-refractivity contribution in [3.8, 4) is 11.5 Å². The van der Waals surface area contributed by atoms with Gasteiger partial charge < -0.3 is 30.7 Å². The SMILES string of the molecule is CC(C)CNCCN1c2nc(F)nc(N)c2NC1Cc1cc2c(cc1I)OCO2. The molecule has 0 bridgehead atoms. The average molecular weight is 514 g/mol. The van der Waals surface area contributed by atoms with Crippen LogP contribution >= 0.6 is 22.6 Å². The van der Waals surface area contributed by atoms with Crippen LogP contribution in [0.1, 0.15) is 19.4 Å². The van der Waals surface area contributed by atoms with Crippen LogP contribution < -0.4 is 30.7 Å². The maximum absolute atomic E-state index is 13.9. The molecule has 0 radical (unpaired) electrons. The summed E-state index contributed by atoms with van der Waals surface area (Å²) in [6.45, 7) is 6.88. The first kappa shape index (κ1) is 20.2. The Morgan fingerprint density at radius 1 is 1.34 bits per heavy atom. The number of ether oxygens (including phenoxy) is 2. The summed E-state index contributed by atoms with van der Waals surface area (Å²) in [5.41, 5.74) is 7.64. The van der Waals surface area contributed by atoms with Gasteiger partial charge in [-0.05, 0) is 52.7 Å². The number of anilines is 3. The molecule has 1 aromatic carbocycles. The second kappa shape index (κ2) is 8.34. The molecule has 10 heteroatoms. The summed E-state index contributed by atoms with van der Waals surface area (Å²) in [4.78, 5) is 9.72. The van der Waals surface area contributed by atoms with Gasteiger partial charge in [-0.2, -0.15) is 14.4 Å². The number of halogens is 2. The van der Waals surface area contributed by atoms with Gasteiger partial charge in [0.15, 0.2) is 23.1 Å². The van der Waals surface area contributed by atoms with Crippen LogP contribution in [0.2, 0.25) is 0 Å². The summed E-state index contributed by atoms with van der Waals surface area (Å²) in [5, 5.41) is 6.80. The second-order valence-electron chi connectivity index (χ2n) is 7.53. The topological polar surface area (TPSA) is 97.6 Å². The van der Waals surface area contributed by atoms with E-state index in [2.05, 4.69) is 57.0 Å². The van der Waals surface area contributed by atoms with Crippen molar-refractivity contribution in [2.45, 2.75) is 26.4 Å². The number of nitrogens with one attached hydrogen (secondary N) is 2. The Morgan fingerprint density at radius 2 is 2.10 bits per heavy atom. The lowest BCUT2D eigenvalue weighted by molar-refractivity contribution is 0.174. The zero-order chi connectivity index (χ0) is 20.5. The molecule has 0 fully saturated rings. The van der Waals surface area contributed by atoms with Crippen molar-refractivity contribution in [1.82, 2.24) is 15.3 Å². The zero-order valence-electron chi connectivity index (χ0n) is 16.3. The summed E-state index contributed by atoms with van der Waals surface area (Å²) in [6.07, 6.45) is -0.282. The van der Waals surface area contributed by atoms with E-state index in [9.17, 15) is 4.39 Å². The molecule has 4 rings (SSSR count). The first-order chi connectivity index (χ1) is 13.9. The van der Waals surface area contributed by atoms with Gasteiger partial charge in [-0.25, -0.2) is 0 Å². The minimum Gasteiger partial charge on any atom is -0.454 e. The fraction of sp³-hybridized carbons (Fsp3) is 0.474. The van der Waals surface area contributed by atoms with Crippen LogP contribution in [0.4, 0.5) is 21.7 Å². The minimum absolute atomic E-state index is 0.121. The minimum atomic E-state index is -0.818. The molecule has 0 aliphatic carbocycles. The second-order valence-corrected chi connectivity index (χ2v) is 8.69. The predicted molar refractivity (Wildman–Crippen MR) is 118 cm³/mol. The molecule has 2 aliphatic rings. The van der Waals surface area contributed by atoms with Crippen molar-refractivity contribution in [3.63, 3.8) is 0 Å². The van der Waals surface area contributed by atoms with Gasteiger partial charge in [0.2, 0.25) is 6.79 Å². The Labute approximate surface area is 182 Å². The predicted octanol–water partition coefficient (Wildman–Crippen LogP) is 2.58.